The van der Waals surface area contributed by atoms with Gasteiger partial charge in [-0.3, -0.25) is 9.78 Å². The molecule has 1 atom stereocenters. The number of anilines is 2. The Balaban J connectivity index is 1.38. The molecule has 3 aromatic carbocycles. The first-order valence-corrected chi connectivity index (χ1v) is 15.2. The topological polar surface area (TPSA) is 108 Å². The molecule has 12 heteroatoms. The van der Waals surface area contributed by atoms with E-state index in [4.69, 9.17) is 33.0 Å². The number of hydrogen-bond donors (Lipinski definition) is 5. The molecular weight excluding hydrogens is 623 g/mol. The van der Waals surface area contributed by atoms with Gasteiger partial charge in [-0.1, -0.05) is 47.5 Å². The molecule has 236 valence electrons. The monoisotopic (exact) mass is 655 g/mol. The van der Waals surface area contributed by atoms with Gasteiger partial charge in [0.1, 0.15) is 11.6 Å². The van der Waals surface area contributed by atoms with Crippen molar-refractivity contribution in [1.29, 1.82) is 0 Å². The third-order valence-electron chi connectivity index (χ3n) is 7.58. The number of pyridine rings is 1. The number of ether oxygens (including phenoxy) is 1. The second kappa shape index (κ2) is 15.0. The van der Waals surface area contributed by atoms with Crippen LogP contribution in [-0.2, 0) is 17.9 Å². The van der Waals surface area contributed by atoms with Crippen LogP contribution in [-0.4, -0.2) is 48.8 Å². The van der Waals surface area contributed by atoms with Gasteiger partial charge in [0.05, 0.1) is 40.8 Å². The maximum atomic E-state index is 15.2. The van der Waals surface area contributed by atoms with Gasteiger partial charge >= 0.3 is 0 Å². The van der Waals surface area contributed by atoms with E-state index in [9.17, 15) is 9.18 Å². The van der Waals surface area contributed by atoms with Gasteiger partial charge in [0, 0.05) is 72.7 Å². The van der Waals surface area contributed by atoms with Crippen LogP contribution in [0.25, 0.3) is 22.4 Å². The van der Waals surface area contributed by atoms with Crippen LogP contribution in [0.3, 0.4) is 0 Å². The number of rotatable bonds is 13. The quantitative estimate of drug-likeness (QED) is 0.109. The summed E-state index contributed by atoms with van der Waals surface area (Å²) in [5.41, 5.74) is 3.72. The number of halogens is 4. The van der Waals surface area contributed by atoms with Gasteiger partial charge in [-0.15, -0.1) is 0 Å². The second-order valence-corrected chi connectivity index (χ2v) is 11.3. The zero-order chi connectivity index (χ0) is 31.9. The average molecular weight is 657 g/mol. The lowest BCUT2D eigenvalue weighted by Crippen LogP contribution is -2.35. The number of nitrogens with zero attached hydrogens (tertiary/aromatic N) is 1. The van der Waals surface area contributed by atoms with E-state index in [1.807, 2.05) is 18.2 Å². The molecule has 5 rings (SSSR count). The summed E-state index contributed by atoms with van der Waals surface area (Å²) < 4.78 is 35.2. The molecular formula is C33H33Cl2F2N5O3. The van der Waals surface area contributed by atoms with Crippen LogP contribution < -0.4 is 26.0 Å². The van der Waals surface area contributed by atoms with Crippen LogP contribution in [0.4, 0.5) is 20.2 Å². The highest BCUT2D eigenvalue weighted by atomic mass is 35.5. The van der Waals surface area contributed by atoms with Crippen molar-refractivity contribution in [2.45, 2.75) is 32.0 Å². The highest BCUT2D eigenvalue weighted by Crippen LogP contribution is 2.42. The van der Waals surface area contributed by atoms with E-state index >= 15 is 4.39 Å². The second-order valence-electron chi connectivity index (χ2n) is 10.6. The molecule has 8 nitrogen and oxygen atoms in total. The molecule has 1 aromatic heterocycles. The van der Waals surface area contributed by atoms with Gasteiger partial charge in [0.15, 0.2) is 5.82 Å². The van der Waals surface area contributed by atoms with Gasteiger partial charge in [0.25, 0.3) is 0 Å². The molecule has 0 bridgehead atoms. The van der Waals surface area contributed by atoms with Crippen LogP contribution in [0.1, 0.15) is 24.0 Å². The van der Waals surface area contributed by atoms with Gasteiger partial charge in [-0.25, -0.2) is 8.78 Å². The maximum absolute atomic E-state index is 15.2. The summed E-state index contributed by atoms with van der Waals surface area (Å²) in [5, 5.41) is 21.7. The third-order valence-corrected chi connectivity index (χ3v) is 8.37. The van der Waals surface area contributed by atoms with Crippen molar-refractivity contribution >= 4 is 40.5 Å². The van der Waals surface area contributed by atoms with Crippen LogP contribution in [0.2, 0.25) is 10.0 Å². The van der Waals surface area contributed by atoms with E-state index in [1.165, 1.54) is 12.1 Å². The smallest absolute Gasteiger partial charge is 0.220 e. The van der Waals surface area contributed by atoms with Gasteiger partial charge in [0.2, 0.25) is 5.91 Å². The Morgan fingerprint density at radius 1 is 1.02 bits per heavy atom. The van der Waals surface area contributed by atoms with E-state index in [2.05, 4.69) is 26.3 Å². The molecule has 0 radical (unpaired) electrons. The molecule has 2 heterocycles. The molecule has 0 unspecified atom stereocenters. The molecule has 0 saturated carbocycles. The van der Waals surface area contributed by atoms with Gasteiger partial charge in [-0.2, -0.15) is 0 Å². The molecule has 0 aliphatic carbocycles. The Morgan fingerprint density at radius 3 is 2.60 bits per heavy atom. The summed E-state index contributed by atoms with van der Waals surface area (Å²) >= 11 is 13.8. The van der Waals surface area contributed by atoms with Crippen molar-refractivity contribution in [3.8, 4) is 28.1 Å². The summed E-state index contributed by atoms with van der Waals surface area (Å²) in [6.45, 7) is 1.19. The highest BCUT2D eigenvalue weighted by Gasteiger charge is 2.21. The summed E-state index contributed by atoms with van der Waals surface area (Å²) in [4.78, 5) is 16.0. The summed E-state index contributed by atoms with van der Waals surface area (Å²) in [6, 6.07) is 15.3. The Bertz CT molecular complexity index is 1690. The first kappa shape index (κ1) is 32.6. The molecule has 1 saturated heterocycles. The standard InChI is InChI=1S/C33H33Cl2F2N5O3/c1-45-28-15-19(5-6-20(28)16-39-17-21-7-10-29(44)41-21)33-31(35)23(11-12-40-33)22-3-2-4-26(30(22)34)42-27-9-8-25(36)24(32(27)37)18-38-13-14-43/h2-6,8-9,11-12,15,21,38-39,42-43H,7,10,13-14,16-18H2,1H3,(H,41,44)/t21-/m0/s1. The lowest BCUT2D eigenvalue weighted by atomic mass is 10.0. The lowest BCUT2D eigenvalue weighted by Gasteiger charge is -2.17. The van der Waals surface area contributed by atoms with Gasteiger partial charge < -0.3 is 31.1 Å². The van der Waals surface area contributed by atoms with E-state index < -0.39 is 11.6 Å². The van der Waals surface area contributed by atoms with E-state index in [0.717, 1.165) is 17.5 Å². The van der Waals surface area contributed by atoms with E-state index in [-0.39, 0.29) is 47.9 Å². The number of nitrogens with one attached hydrogen (secondary N) is 4. The minimum absolute atomic E-state index is 0.0485. The number of methoxy groups -OCH3 is 1. The van der Waals surface area contributed by atoms with Crippen LogP contribution >= 0.6 is 23.2 Å². The number of aliphatic hydroxyl groups excluding tert-OH is 1. The van der Waals surface area contributed by atoms with Crippen LogP contribution in [0.5, 0.6) is 5.75 Å². The number of hydrogen-bond acceptors (Lipinski definition) is 7. The van der Waals surface area contributed by atoms with Crippen LogP contribution in [0, 0.1) is 11.6 Å². The van der Waals surface area contributed by atoms with Crippen molar-refractivity contribution in [2.75, 3.05) is 32.1 Å². The minimum Gasteiger partial charge on any atom is -0.496 e. The normalized spacial score (nSPS) is 14.4. The number of amides is 1. The Hall–Kier alpha value is -3.80. The lowest BCUT2D eigenvalue weighted by molar-refractivity contribution is -0.119. The number of carbonyl (C=O) groups is 1. The first-order valence-electron chi connectivity index (χ1n) is 14.5. The summed E-state index contributed by atoms with van der Waals surface area (Å²) in [7, 11) is 1.60. The fourth-order valence-electron chi connectivity index (χ4n) is 5.23. The summed E-state index contributed by atoms with van der Waals surface area (Å²) in [6.07, 6.45) is 3.01. The van der Waals surface area contributed by atoms with Crippen molar-refractivity contribution in [3.05, 3.63) is 93.6 Å². The number of aliphatic hydroxyl groups is 1. The van der Waals surface area contributed by atoms with E-state index in [1.54, 1.807) is 37.6 Å². The van der Waals surface area contributed by atoms with E-state index in [0.29, 0.717) is 52.8 Å². The van der Waals surface area contributed by atoms with Crippen molar-refractivity contribution in [2.24, 2.45) is 0 Å². The molecule has 1 amide bonds. The molecule has 0 spiro atoms. The molecule has 1 fully saturated rings. The highest BCUT2D eigenvalue weighted by molar-refractivity contribution is 6.39. The maximum Gasteiger partial charge on any atom is 0.220 e. The minimum atomic E-state index is -0.760. The molecule has 45 heavy (non-hydrogen) atoms. The zero-order valence-corrected chi connectivity index (χ0v) is 26.0. The number of aromatic nitrogens is 1. The largest absolute Gasteiger partial charge is 0.496 e. The number of benzene rings is 3. The van der Waals surface area contributed by atoms with Crippen molar-refractivity contribution < 1.29 is 23.4 Å². The first-order chi connectivity index (χ1) is 21.8. The predicted molar refractivity (Wildman–Crippen MR) is 173 cm³/mol. The molecule has 4 aromatic rings. The van der Waals surface area contributed by atoms with Crippen molar-refractivity contribution in [1.82, 2.24) is 20.9 Å². The third kappa shape index (κ3) is 7.54. The van der Waals surface area contributed by atoms with Crippen LogP contribution in [0.15, 0.2) is 60.8 Å². The van der Waals surface area contributed by atoms with Crippen molar-refractivity contribution in [3.63, 3.8) is 0 Å². The fraction of sp³-hybridized carbons (Fsp3) is 0.273. The predicted octanol–water partition coefficient (Wildman–Crippen LogP) is 6.20. The zero-order valence-electron chi connectivity index (χ0n) is 24.5. The Kier molecular flexibility index (Phi) is 10.9. The average Bonchev–Trinajstić information content (AvgIpc) is 3.46. The molecule has 5 N–H and O–H groups in total. The number of carbonyl (C=O) groups excluding carboxylic acids is 1. The SMILES string of the molecule is COc1cc(-c2nccc(-c3cccc(Nc4ccc(F)c(CNCCO)c4F)c3Cl)c2Cl)ccc1CNC[C@@H]1CCC(=O)N1. The van der Waals surface area contributed by atoms with Gasteiger partial charge in [-0.05, 0) is 36.8 Å². The fourth-order valence-corrected chi connectivity index (χ4v) is 5.83. The summed E-state index contributed by atoms with van der Waals surface area (Å²) in [5.74, 6) is -0.710. The Morgan fingerprint density at radius 2 is 1.84 bits per heavy atom. The Labute approximate surface area is 270 Å². The molecule has 1 aliphatic heterocycles. The molecule has 1 aliphatic rings.